The van der Waals surface area contributed by atoms with E-state index in [1.165, 1.54) is 10.6 Å². The number of nitrogens with one attached hydrogen (secondary N) is 1. The van der Waals surface area contributed by atoms with Crippen LogP contribution < -0.4 is 11.1 Å². The summed E-state index contributed by atoms with van der Waals surface area (Å²) in [5, 5.41) is 2.83. The Labute approximate surface area is 103 Å². The molecule has 6 nitrogen and oxygen atoms in total. The van der Waals surface area contributed by atoms with E-state index < -0.39 is 10.0 Å². The molecule has 2 unspecified atom stereocenters. The highest BCUT2D eigenvalue weighted by Gasteiger charge is 2.26. The highest BCUT2D eigenvalue weighted by atomic mass is 32.2. The third-order valence-electron chi connectivity index (χ3n) is 2.73. The quantitative estimate of drug-likeness (QED) is 0.699. The number of carbonyl (C=O) groups is 1. The van der Waals surface area contributed by atoms with Gasteiger partial charge in [-0.3, -0.25) is 4.79 Å². The molecule has 0 aromatic carbocycles. The lowest BCUT2D eigenvalue weighted by molar-refractivity contribution is -0.122. The number of nitrogens with two attached hydrogens (primary N) is 1. The van der Waals surface area contributed by atoms with E-state index >= 15 is 0 Å². The summed E-state index contributed by atoms with van der Waals surface area (Å²) in [6.45, 7) is 2.67. The van der Waals surface area contributed by atoms with Gasteiger partial charge in [0.2, 0.25) is 15.9 Å². The summed E-state index contributed by atoms with van der Waals surface area (Å²) in [7, 11) is -3.16. The number of nitrogens with zero attached hydrogens (tertiary/aromatic N) is 1. The van der Waals surface area contributed by atoms with Gasteiger partial charge in [0, 0.05) is 31.6 Å². The van der Waals surface area contributed by atoms with Crippen molar-refractivity contribution >= 4 is 15.9 Å². The van der Waals surface area contributed by atoms with Crippen LogP contribution in [0.1, 0.15) is 26.2 Å². The van der Waals surface area contributed by atoms with Gasteiger partial charge in [-0.15, -0.1) is 0 Å². The summed E-state index contributed by atoms with van der Waals surface area (Å²) in [5.41, 5.74) is 5.53. The minimum absolute atomic E-state index is 0.0928. The van der Waals surface area contributed by atoms with Crippen LogP contribution in [0.25, 0.3) is 0 Å². The summed E-state index contributed by atoms with van der Waals surface area (Å²) in [6.07, 6.45) is 3.06. The fourth-order valence-corrected chi connectivity index (χ4v) is 2.85. The Morgan fingerprint density at radius 1 is 1.59 bits per heavy atom. The lowest BCUT2D eigenvalue weighted by Gasteiger charge is -2.31. The van der Waals surface area contributed by atoms with Crippen LogP contribution in [0, 0.1) is 0 Å². The fourth-order valence-electron chi connectivity index (χ4n) is 1.94. The zero-order valence-corrected chi connectivity index (χ0v) is 11.2. The van der Waals surface area contributed by atoms with Gasteiger partial charge in [0.1, 0.15) is 0 Å². The second-order valence-corrected chi connectivity index (χ2v) is 6.69. The van der Waals surface area contributed by atoms with Gasteiger partial charge in [0.05, 0.1) is 6.26 Å². The Bertz CT molecular complexity index is 367. The molecule has 1 saturated heterocycles. The third-order valence-corrected chi connectivity index (χ3v) is 4.00. The predicted octanol–water partition coefficient (Wildman–Crippen LogP) is -0.736. The van der Waals surface area contributed by atoms with Gasteiger partial charge in [0.25, 0.3) is 0 Å². The lowest BCUT2D eigenvalue weighted by Crippen LogP contribution is -2.49. The highest BCUT2D eigenvalue weighted by Crippen LogP contribution is 2.13. The molecule has 0 saturated carbocycles. The number of amides is 1. The third kappa shape index (κ3) is 5.01. The van der Waals surface area contributed by atoms with Crippen LogP contribution in [0.4, 0.5) is 0 Å². The van der Waals surface area contributed by atoms with Crippen LogP contribution in [0.3, 0.4) is 0 Å². The van der Waals surface area contributed by atoms with E-state index in [0.717, 1.165) is 12.8 Å². The van der Waals surface area contributed by atoms with Crippen molar-refractivity contribution in [2.75, 3.05) is 19.3 Å². The summed E-state index contributed by atoms with van der Waals surface area (Å²) < 4.78 is 24.2. The van der Waals surface area contributed by atoms with E-state index in [-0.39, 0.29) is 24.4 Å². The molecule has 1 rings (SSSR count). The minimum atomic E-state index is -3.16. The molecule has 2 atom stereocenters. The van der Waals surface area contributed by atoms with Crippen LogP contribution in [0.2, 0.25) is 0 Å². The zero-order chi connectivity index (χ0) is 13.1. The molecule has 0 aliphatic carbocycles. The predicted molar refractivity (Wildman–Crippen MR) is 65.8 cm³/mol. The largest absolute Gasteiger partial charge is 0.352 e. The number of rotatable bonds is 4. The second-order valence-electron chi connectivity index (χ2n) is 4.71. The van der Waals surface area contributed by atoms with Crippen LogP contribution in [0.15, 0.2) is 0 Å². The Kier molecular flexibility index (Phi) is 4.91. The van der Waals surface area contributed by atoms with Gasteiger partial charge < -0.3 is 11.1 Å². The summed E-state index contributed by atoms with van der Waals surface area (Å²) >= 11 is 0. The van der Waals surface area contributed by atoms with Gasteiger partial charge in [0.15, 0.2) is 0 Å². The van der Waals surface area contributed by atoms with Crippen LogP contribution in [0.5, 0.6) is 0 Å². The molecular weight excluding hydrogens is 242 g/mol. The summed E-state index contributed by atoms with van der Waals surface area (Å²) in [5.74, 6) is -0.111. The summed E-state index contributed by atoms with van der Waals surface area (Å²) in [6, 6.07) is -0.269. The maximum absolute atomic E-state index is 11.5. The SMILES string of the molecule is CC(N)CC(=O)NC1CCCN(S(C)(=O)=O)C1. The van der Waals surface area contributed by atoms with Crippen molar-refractivity contribution < 1.29 is 13.2 Å². The number of sulfonamides is 1. The van der Waals surface area contributed by atoms with E-state index in [1.807, 2.05) is 0 Å². The number of piperidine rings is 1. The Hall–Kier alpha value is -0.660. The topological polar surface area (TPSA) is 92.5 Å². The van der Waals surface area contributed by atoms with Crippen LogP contribution >= 0.6 is 0 Å². The molecule has 100 valence electrons. The maximum atomic E-state index is 11.5. The lowest BCUT2D eigenvalue weighted by atomic mass is 10.1. The van der Waals surface area contributed by atoms with Crippen molar-refractivity contribution in [3.8, 4) is 0 Å². The first-order valence-corrected chi connectivity index (χ1v) is 7.64. The van der Waals surface area contributed by atoms with Gasteiger partial charge in [-0.05, 0) is 19.8 Å². The first-order chi connectivity index (χ1) is 7.79. The average molecular weight is 263 g/mol. The Balaban J connectivity index is 2.48. The van der Waals surface area contributed by atoms with Crippen molar-refractivity contribution in [1.29, 1.82) is 0 Å². The van der Waals surface area contributed by atoms with Crippen molar-refractivity contribution in [3.05, 3.63) is 0 Å². The Morgan fingerprint density at radius 3 is 2.76 bits per heavy atom. The zero-order valence-electron chi connectivity index (χ0n) is 10.3. The van der Waals surface area contributed by atoms with Crippen LogP contribution in [-0.2, 0) is 14.8 Å². The average Bonchev–Trinajstić information content (AvgIpc) is 2.15. The number of hydrogen-bond donors (Lipinski definition) is 2. The van der Waals surface area contributed by atoms with E-state index in [2.05, 4.69) is 5.32 Å². The molecule has 1 amide bonds. The standard InChI is InChI=1S/C10H21N3O3S/c1-8(11)6-10(14)12-9-4-3-5-13(7-9)17(2,15)16/h8-9H,3-7,11H2,1-2H3,(H,12,14). The molecule has 1 heterocycles. The smallest absolute Gasteiger partial charge is 0.221 e. The normalized spacial score (nSPS) is 24.3. The van der Waals surface area contributed by atoms with Crippen molar-refractivity contribution in [2.45, 2.75) is 38.3 Å². The van der Waals surface area contributed by atoms with Gasteiger partial charge in [-0.1, -0.05) is 0 Å². The first-order valence-electron chi connectivity index (χ1n) is 5.79. The molecule has 0 bridgehead atoms. The molecule has 1 aliphatic rings. The maximum Gasteiger partial charge on any atom is 0.221 e. The number of carbonyl (C=O) groups excluding carboxylic acids is 1. The van der Waals surface area contributed by atoms with E-state index in [0.29, 0.717) is 13.1 Å². The number of hydrogen-bond acceptors (Lipinski definition) is 4. The van der Waals surface area contributed by atoms with Crippen molar-refractivity contribution in [2.24, 2.45) is 5.73 Å². The van der Waals surface area contributed by atoms with E-state index in [1.54, 1.807) is 6.92 Å². The Morgan fingerprint density at radius 2 is 2.24 bits per heavy atom. The molecule has 7 heteroatoms. The van der Waals surface area contributed by atoms with Crippen LogP contribution in [-0.4, -0.2) is 50.1 Å². The van der Waals surface area contributed by atoms with Gasteiger partial charge in [-0.2, -0.15) is 0 Å². The van der Waals surface area contributed by atoms with E-state index in [9.17, 15) is 13.2 Å². The molecule has 3 N–H and O–H groups in total. The molecule has 17 heavy (non-hydrogen) atoms. The monoisotopic (exact) mass is 263 g/mol. The van der Waals surface area contributed by atoms with Crippen molar-refractivity contribution in [1.82, 2.24) is 9.62 Å². The minimum Gasteiger partial charge on any atom is -0.352 e. The molecule has 0 radical (unpaired) electrons. The fraction of sp³-hybridized carbons (Fsp3) is 0.900. The summed E-state index contributed by atoms with van der Waals surface area (Å²) in [4.78, 5) is 11.5. The molecule has 0 aromatic heterocycles. The molecule has 1 fully saturated rings. The first kappa shape index (κ1) is 14.4. The van der Waals surface area contributed by atoms with Gasteiger partial charge in [-0.25, -0.2) is 12.7 Å². The van der Waals surface area contributed by atoms with Gasteiger partial charge >= 0.3 is 0 Å². The molecule has 1 aliphatic heterocycles. The molecule has 0 aromatic rings. The second kappa shape index (κ2) is 5.79. The molecular formula is C10H21N3O3S. The highest BCUT2D eigenvalue weighted by molar-refractivity contribution is 7.88. The van der Waals surface area contributed by atoms with E-state index in [4.69, 9.17) is 5.73 Å². The van der Waals surface area contributed by atoms with Crippen molar-refractivity contribution in [3.63, 3.8) is 0 Å². The molecule has 0 spiro atoms.